The summed E-state index contributed by atoms with van der Waals surface area (Å²) in [6, 6.07) is 5.81. The number of aromatic nitrogens is 1. The van der Waals surface area contributed by atoms with Gasteiger partial charge in [-0.05, 0) is 24.5 Å². The number of hydrogen-bond acceptors (Lipinski definition) is 2. The van der Waals surface area contributed by atoms with E-state index in [1.807, 2.05) is 18.2 Å². The predicted molar refractivity (Wildman–Crippen MR) is 64.2 cm³/mol. The highest BCUT2D eigenvalue weighted by Crippen LogP contribution is 2.31. The van der Waals surface area contributed by atoms with Crippen molar-refractivity contribution in [1.29, 1.82) is 0 Å². The van der Waals surface area contributed by atoms with Crippen LogP contribution in [0.25, 0.3) is 0 Å². The van der Waals surface area contributed by atoms with Gasteiger partial charge in [0.15, 0.2) is 0 Å². The van der Waals surface area contributed by atoms with E-state index in [1.165, 1.54) is 32.1 Å². The Labute approximate surface area is 97.1 Å². The minimum Gasteiger partial charge on any atom is -0.303 e. The zero-order valence-electron chi connectivity index (χ0n) is 9.64. The van der Waals surface area contributed by atoms with Gasteiger partial charge in [-0.3, -0.25) is 4.98 Å². The first-order chi connectivity index (χ1) is 7.90. The maximum Gasteiger partial charge on any atom is 0.129 e. The molecule has 0 aliphatic heterocycles. The molecule has 1 aromatic rings. The minimum atomic E-state index is 0.00398. The Kier molecular flexibility index (Phi) is 4.09. The largest absolute Gasteiger partial charge is 0.303 e. The standard InChI is InChI=1S/C14H19NO/c16-11-13(14-8-4-5-9-15-14)10-12-6-2-1-3-7-12/h4-5,8-9,11-13H,1-3,6-7,10H2. The third-order valence-corrected chi connectivity index (χ3v) is 3.54. The monoisotopic (exact) mass is 217 g/mol. The van der Waals surface area contributed by atoms with Crippen molar-refractivity contribution in [3.63, 3.8) is 0 Å². The van der Waals surface area contributed by atoms with Crippen molar-refractivity contribution in [2.24, 2.45) is 5.92 Å². The smallest absolute Gasteiger partial charge is 0.129 e. The molecule has 1 aliphatic rings. The summed E-state index contributed by atoms with van der Waals surface area (Å²) in [4.78, 5) is 15.4. The van der Waals surface area contributed by atoms with Gasteiger partial charge in [0.1, 0.15) is 6.29 Å². The molecule has 0 saturated heterocycles. The third kappa shape index (κ3) is 2.91. The molecule has 2 heteroatoms. The lowest BCUT2D eigenvalue weighted by molar-refractivity contribution is -0.109. The molecular formula is C14H19NO. The summed E-state index contributed by atoms with van der Waals surface area (Å²) >= 11 is 0. The normalized spacial score (nSPS) is 19.2. The highest BCUT2D eigenvalue weighted by Gasteiger charge is 2.20. The summed E-state index contributed by atoms with van der Waals surface area (Å²) in [6.45, 7) is 0. The first-order valence-electron chi connectivity index (χ1n) is 6.26. The van der Waals surface area contributed by atoms with Gasteiger partial charge < -0.3 is 4.79 Å². The van der Waals surface area contributed by atoms with Gasteiger partial charge in [0, 0.05) is 6.20 Å². The lowest BCUT2D eigenvalue weighted by Crippen LogP contribution is -2.13. The van der Waals surface area contributed by atoms with Gasteiger partial charge in [0.2, 0.25) is 0 Å². The van der Waals surface area contributed by atoms with Crippen molar-refractivity contribution < 1.29 is 4.79 Å². The molecule has 0 amide bonds. The molecule has 2 nitrogen and oxygen atoms in total. The fraction of sp³-hybridized carbons (Fsp3) is 0.571. The summed E-state index contributed by atoms with van der Waals surface area (Å²) in [7, 11) is 0. The zero-order valence-corrected chi connectivity index (χ0v) is 9.64. The zero-order chi connectivity index (χ0) is 11.2. The molecule has 1 aliphatic carbocycles. The van der Waals surface area contributed by atoms with Gasteiger partial charge in [0.25, 0.3) is 0 Å². The Hall–Kier alpha value is -1.18. The Balaban J connectivity index is 1.97. The van der Waals surface area contributed by atoms with Gasteiger partial charge in [0.05, 0.1) is 11.6 Å². The fourth-order valence-corrected chi connectivity index (χ4v) is 2.62. The SMILES string of the molecule is O=CC(CC1CCCCC1)c1ccccn1. The highest BCUT2D eigenvalue weighted by molar-refractivity contribution is 5.60. The Morgan fingerprint density at radius 3 is 2.75 bits per heavy atom. The maximum atomic E-state index is 11.1. The average Bonchev–Trinajstić information content (AvgIpc) is 2.38. The first kappa shape index (κ1) is 11.3. The van der Waals surface area contributed by atoms with Crippen LogP contribution in [0.2, 0.25) is 0 Å². The molecule has 1 atom stereocenters. The fourth-order valence-electron chi connectivity index (χ4n) is 2.62. The topological polar surface area (TPSA) is 30.0 Å². The van der Waals surface area contributed by atoms with Crippen molar-refractivity contribution in [2.45, 2.75) is 44.4 Å². The number of carbonyl (C=O) groups is 1. The molecule has 1 fully saturated rings. The molecule has 1 unspecified atom stereocenters. The molecule has 1 saturated carbocycles. The Morgan fingerprint density at radius 1 is 1.31 bits per heavy atom. The van der Waals surface area contributed by atoms with Crippen LogP contribution in [-0.4, -0.2) is 11.3 Å². The van der Waals surface area contributed by atoms with Crippen LogP contribution in [-0.2, 0) is 4.79 Å². The molecule has 0 aromatic carbocycles. The predicted octanol–water partition coefficient (Wildman–Crippen LogP) is 3.33. The Morgan fingerprint density at radius 2 is 2.12 bits per heavy atom. The van der Waals surface area contributed by atoms with Crippen LogP contribution in [0.4, 0.5) is 0 Å². The van der Waals surface area contributed by atoms with Gasteiger partial charge in [-0.1, -0.05) is 38.2 Å². The molecule has 0 radical (unpaired) electrons. The lowest BCUT2D eigenvalue weighted by Gasteiger charge is -2.23. The van der Waals surface area contributed by atoms with Crippen LogP contribution in [0.1, 0.15) is 50.1 Å². The third-order valence-electron chi connectivity index (χ3n) is 3.54. The molecule has 1 heterocycles. The number of pyridine rings is 1. The van der Waals surface area contributed by atoms with Crippen LogP contribution in [0.3, 0.4) is 0 Å². The summed E-state index contributed by atoms with van der Waals surface area (Å²) in [5, 5.41) is 0. The number of rotatable bonds is 4. The molecule has 1 aromatic heterocycles. The molecule has 0 N–H and O–H groups in total. The second kappa shape index (κ2) is 5.78. The van der Waals surface area contributed by atoms with E-state index in [2.05, 4.69) is 4.98 Å². The van der Waals surface area contributed by atoms with E-state index in [0.29, 0.717) is 0 Å². The van der Waals surface area contributed by atoms with E-state index < -0.39 is 0 Å². The first-order valence-corrected chi connectivity index (χ1v) is 6.26. The number of nitrogens with zero attached hydrogens (tertiary/aromatic N) is 1. The van der Waals surface area contributed by atoms with Crippen molar-refractivity contribution in [1.82, 2.24) is 4.98 Å². The van der Waals surface area contributed by atoms with E-state index in [9.17, 15) is 4.79 Å². The molecule has 0 bridgehead atoms. The summed E-state index contributed by atoms with van der Waals surface area (Å²) in [5.74, 6) is 0.732. The second-order valence-corrected chi connectivity index (χ2v) is 4.74. The Bertz CT molecular complexity index is 317. The van der Waals surface area contributed by atoms with Crippen LogP contribution >= 0.6 is 0 Å². The summed E-state index contributed by atoms with van der Waals surface area (Å²) < 4.78 is 0. The number of hydrogen-bond donors (Lipinski definition) is 0. The lowest BCUT2D eigenvalue weighted by atomic mass is 9.82. The van der Waals surface area contributed by atoms with E-state index in [1.54, 1.807) is 6.20 Å². The van der Waals surface area contributed by atoms with Crippen LogP contribution in [0.5, 0.6) is 0 Å². The van der Waals surface area contributed by atoms with E-state index in [0.717, 1.165) is 24.3 Å². The highest BCUT2D eigenvalue weighted by atomic mass is 16.1. The van der Waals surface area contributed by atoms with Gasteiger partial charge in [-0.2, -0.15) is 0 Å². The summed E-state index contributed by atoms with van der Waals surface area (Å²) in [6.07, 6.45) is 10.4. The van der Waals surface area contributed by atoms with E-state index in [-0.39, 0.29) is 5.92 Å². The van der Waals surface area contributed by atoms with Gasteiger partial charge in [-0.25, -0.2) is 0 Å². The average molecular weight is 217 g/mol. The van der Waals surface area contributed by atoms with Crippen molar-refractivity contribution in [3.8, 4) is 0 Å². The second-order valence-electron chi connectivity index (χ2n) is 4.74. The number of aldehydes is 1. The minimum absolute atomic E-state index is 0.00398. The van der Waals surface area contributed by atoms with Crippen molar-refractivity contribution in [3.05, 3.63) is 30.1 Å². The summed E-state index contributed by atoms with van der Waals surface area (Å²) in [5.41, 5.74) is 0.933. The maximum absolute atomic E-state index is 11.1. The number of carbonyl (C=O) groups excluding carboxylic acids is 1. The van der Waals surface area contributed by atoms with Crippen molar-refractivity contribution >= 4 is 6.29 Å². The van der Waals surface area contributed by atoms with E-state index in [4.69, 9.17) is 0 Å². The van der Waals surface area contributed by atoms with Crippen LogP contribution in [0, 0.1) is 5.92 Å². The van der Waals surface area contributed by atoms with Crippen molar-refractivity contribution in [2.75, 3.05) is 0 Å². The molecule has 86 valence electrons. The molecule has 2 rings (SSSR count). The van der Waals surface area contributed by atoms with Crippen LogP contribution < -0.4 is 0 Å². The molecule has 16 heavy (non-hydrogen) atoms. The van der Waals surface area contributed by atoms with Gasteiger partial charge >= 0.3 is 0 Å². The quantitative estimate of drug-likeness (QED) is 0.724. The van der Waals surface area contributed by atoms with E-state index >= 15 is 0 Å². The molecular weight excluding hydrogens is 198 g/mol. The van der Waals surface area contributed by atoms with Crippen LogP contribution in [0.15, 0.2) is 24.4 Å². The molecule has 0 spiro atoms. The van der Waals surface area contributed by atoms with Gasteiger partial charge in [-0.15, -0.1) is 0 Å².